The second-order valence-corrected chi connectivity index (χ2v) is 6.21. The smallest absolute Gasteiger partial charge is 0.252 e. The summed E-state index contributed by atoms with van der Waals surface area (Å²) in [5.41, 5.74) is 0. The number of methoxy groups -OCH3 is 1. The predicted molar refractivity (Wildman–Crippen MR) is 64.4 cm³/mol. The average Bonchev–Trinajstić information content (AvgIpc) is 2.29. The maximum Gasteiger partial charge on any atom is 0.252 e. The van der Waals surface area contributed by atoms with Gasteiger partial charge in [0.25, 0.3) is 8.02 Å². The van der Waals surface area contributed by atoms with Gasteiger partial charge in [0.1, 0.15) is 6.23 Å². The Hall–Kier alpha value is 0.810. The van der Waals surface area contributed by atoms with Crippen LogP contribution in [0.2, 0.25) is 0 Å². The SMILES string of the molecule is CO[C@@H]1CCO[P+]([O-])(N(CCCl)CCCl)N1. The van der Waals surface area contributed by atoms with Crippen LogP contribution in [0.3, 0.4) is 0 Å². The van der Waals surface area contributed by atoms with Gasteiger partial charge in [0.15, 0.2) is 0 Å². The fourth-order valence-electron chi connectivity index (χ4n) is 1.47. The van der Waals surface area contributed by atoms with Gasteiger partial charge in [0.05, 0.1) is 19.7 Å². The largest absolute Gasteiger partial charge is 0.626 e. The summed E-state index contributed by atoms with van der Waals surface area (Å²) in [5.74, 6) is 0.757. The molecule has 1 fully saturated rings. The maximum absolute atomic E-state index is 12.5. The van der Waals surface area contributed by atoms with Crippen molar-refractivity contribution in [2.45, 2.75) is 12.6 Å². The number of alkyl halides is 2. The molecule has 0 spiro atoms. The predicted octanol–water partition coefficient (Wildman–Crippen LogP) is 0.786. The van der Waals surface area contributed by atoms with Crippen LogP contribution in [0.1, 0.15) is 6.42 Å². The minimum absolute atomic E-state index is 0.243. The van der Waals surface area contributed by atoms with Gasteiger partial charge in [-0.3, -0.25) is 0 Å². The Labute approximate surface area is 107 Å². The topological polar surface area (TPSA) is 56.8 Å². The van der Waals surface area contributed by atoms with E-state index in [-0.39, 0.29) is 6.23 Å². The first-order valence-corrected chi connectivity index (χ1v) is 7.73. The number of rotatable bonds is 6. The molecule has 1 aliphatic rings. The van der Waals surface area contributed by atoms with Crippen LogP contribution in [-0.4, -0.2) is 49.5 Å². The molecule has 0 saturated carbocycles. The van der Waals surface area contributed by atoms with Gasteiger partial charge in [0, 0.05) is 25.3 Å². The van der Waals surface area contributed by atoms with Crippen LogP contribution in [0.4, 0.5) is 0 Å². The molecule has 1 heterocycles. The minimum atomic E-state index is -3.04. The first-order chi connectivity index (χ1) is 7.66. The molecular weight excluding hydrogens is 274 g/mol. The Balaban J connectivity index is 2.63. The fourth-order valence-corrected chi connectivity index (χ4v) is 4.19. The van der Waals surface area contributed by atoms with Gasteiger partial charge in [-0.15, -0.1) is 33.0 Å². The van der Waals surface area contributed by atoms with E-state index in [0.717, 1.165) is 0 Å². The third-order valence-corrected chi connectivity index (χ3v) is 4.93. The van der Waals surface area contributed by atoms with Crippen LogP contribution < -0.4 is 9.98 Å². The number of ether oxygens (including phenoxy) is 1. The highest BCUT2D eigenvalue weighted by Gasteiger charge is 2.42. The Morgan fingerprint density at radius 1 is 1.50 bits per heavy atom. The lowest BCUT2D eigenvalue weighted by atomic mass is 10.4. The van der Waals surface area contributed by atoms with Crippen molar-refractivity contribution in [2.75, 3.05) is 38.6 Å². The minimum Gasteiger partial charge on any atom is -0.626 e. The molecule has 0 bridgehead atoms. The van der Waals surface area contributed by atoms with Gasteiger partial charge in [-0.25, -0.2) is 4.52 Å². The Kier molecular flexibility index (Phi) is 6.77. The van der Waals surface area contributed by atoms with Crippen molar-refractivity contribution >= 4 is 31.2 Å². The number of nitrogens with one attached hydrogen (secondary N) is 1. The number of hydrogen-bond acceptors (Lipinski definition) is 5. The van der Waals surface area contributed by atoms with Crippen LogP contribution in [0.25, 0.3) is 0 Å². The molecule has 5 nitrogen and oxygen atoms in total. The van der Waals surface area contributed by atoms with Crippen molar-refractivity contribution < 1.29 is 14.2 Å². The molecule has 1 saturated heterocycles. The molecule has 0 radical (unpaired) electrons. The highest BCUT2D eigenvalue weighted by atomic mass is 35.5. The molecule has 0 aromatic carbocycles. The summed E-state index contributed by atoms with van der Waals surface area (Å²) in [6.45, 7) is 1.34. The summed E-state index contributed by atoms with van der Waals surface area (Å²) < 4.78 is 12.1. The first kappa shape index (κ1) is 14.9. The van der Waals surface area contributed by atoms with Crippen molar-refractivity contribution in [2.24, 2.45) is 0 Å². The van der Waals surface area contributed by atoms with E-state index in [1.807, 2.05) is 0 Å². The molecule has 1 rings (SSSR count). The van der Waals surface area contributed by atoms with Crippen LogP contribution in [0, 0.1) is 0 Å². The van der Waals surface area contributed by atoms with Crippen LogP contribution >= 0.6 is 31.2 Å². The van der Waals surface area contributed by atoms with E-state index in [2.05, 4.69) is 5.09 Å². The lowest BCUT2D eigenvalue weighted by Gasteiger charge is -2.41. The van der Waals surface area contributed by atoms with Crippen molar-refractivity contribution in [3.8, 4) is 0 Å². The normalized spacial score (nSPS) is 30.9. The summed E-state index contributed by atoms with van der Waals surface area (Å²) in [4.78, 5) is 12.5. The third kappa shape index (κ3) is 3.93. The Morgan fingerprint density at radius 2 is 2.12 bits per heavy atom. The molecular formula is C8H17Cl2N2O3P. The summed E-state index contributed by atoms with van der Waals surface area (Å²) >= 11 is 11.3. The van der Waals surface area contributed by atoms with E-state index >= 15 is 0 Å². The van der Waals surface area contributed by atoms with Crippen LogP contribution in [0.5, 0.6) is 0 Å². The molecule has 1 unspecified atom stereocenters. The summed E-state index contributed by atoms with van der Waals surface area (Å²) in [6.07, 6.45) is 0.434. The Morgan fingerprint density at radius 3 is 2.62 bits per heavy atom. The highest BCUT2D eigenvalue weighted by molar-refractivity contribution is 7.59. The van der Waals surface area contributed by atoms with Crippen LogP contribution in [-0.2, 0) is 9.26 Å². The number of nitrogens with zero attached hydrogens (tertiary/aromatic N) is 1. The van der Waals surface area contributed by atoms with Gasteiger partial charge in [-0.2, -0.15) is 0 Å². The molecule has 0 aromatic heterocycles. The zero-order valence-corrected chi connectivity index (χ0v) is 11.6. The van der Waals surface area contributed by atoms with E-state index in [0.29, 0.717) is 37.9 Å². The van der Waals surface area contributed by atoms with E-state index in [9.17, 15) is 4.89 Å². The van der Waals surface area contributed by atoms with Crippen molar-refractivity contribution in [3.05, 3.63) is 0 Å². The molecule has 16 heavy (non-hydrogen) atoms. The van der Waals surface area contributed by atoms with E-state index < -0.39 is 8.02 Å². The standard InChI is InChI=1S/C8H17Cl2N2O3P/c1-14-8-2-7-15-16(13,11-8)12(5-3-9)6-4-10/h8H,2-7H2,1H3,(H,11,13)/t8-,16?/m1/s1. The van der Waals surface area contributed by atoms with Crippen LogP contribution in [0.15, 0.2) is 0 Å². The van der Waals surface area contributed by atoms with E-state index in [1.54, 1.807) is 11.8 Å². The number of halogens is 2. The van der Waals surface area contributed by atoms with Gasteiger partial charge in [0.2, 0.25) is 0 Å². The van der Waals surface area contributed by atoms with Crippen molar-refractivity contribution in [1.82, 2.24) is 9.76 Å². The van der Waals surface area contributed by atoms with E-state index in [4.69, 9.17) is 32.5 Å². The zero-order chi connectivity index (χ0) is 12.0. The van der Waals surface area contributed by atoms with Gasteiger partial charge in [-0.1, -0.05) is 0 Å². The van der Waals surface area contributed by atoms with Gasteiger partial charge in [-0.05, 0) is 0 Å². The molecule has 8 heteroatoms. The van der Waals surface area contributed by atoms with Gasteiger partial charge < -0.3 is 9.63 Å². The van der Waals surface area contributed by atoms with Crippen molar-refractivity contribution in [3.63, 3.8) is 0 Å². The highest BCUT2D eigenvalue weighted by Crippen LogP contribution is 2.53. The molecule has 1 aliphatic heterocycles. The summed E-state index contributed by atoms with van der Waals surface area (Å²) in [6, 6.07) is 0. The zero-order valence-electron chi connectivity index (χ0n) is 9.20. The van der Waals surface area contributed by atoms with Gasteiger partial charge >= 0.3 is 0 Å². The van der Waals surface area contributed by atoms with E-state index in [1.165, 1.54) is 0 Å². The molecule has 0 amide bonds. The lowest BCUT2D eigenvalue weighted by molar-refractivity contribution is -0.219. The monoisotopic (exact) mass is 290 g/mol. The first-order valence-electron chi connectivity index (χ1n) is 5.09. The van der Waals surface area contributed by atoms with Crippen molar-refractivity contribution in [1.29, 1.82) is 0 Å². The quantitative estimate of drug-likeness (QED) is 0.579. The second kappa shape index (κ2) is 7.29. The molecule has 96 valence electrons. The molecule has 1 N–H and O–H groups in total. The lowest BCUT2D eigenvalue weighted by Crippen LogP contribution is -2.50. The maximum atomic E-state index is 12.5. The second-order valence-electron chi connectivity index (χ2n) is 3.33. The molecule has 2 atom stereocenters. The average molecular weight is 291 g/mol. The molecule has 0 aliphatic carbocycles. The molecule has 0 aromatic rings. The number of hydrogen-bond donors (Lipinski definition) is 1. The summed E-state index contributed by atoms with van der Waals surface area (Å²) in [7, 11) is -1.47. The Bertz CT molecular complexity index is 210. The third-order valence-electron chi connectivity index (χ3n) is 2.30. The fraction of sp³-hybridized carbons (Fsp3) is 1.00. The summed E-state index contributed by atoms with van der Waals surface area (Å²) in [5, 5.41) is 2.87.